The number of rotatable bonds is 6. The van der Waals surface area contributed by atoms with E-state index in [4.69, 9.17) is 0 Å². The van der Waals surface area contributed by atoms with Crippen molar-refractivity contribution in [2.75, 3.05) is 31.6 Å². The van der Waals surface area contributed by atoms with Crippen LogP contribution >= 0.6 is 24.0 Å². The number of carbonyl (C=O) groups is 1. The Balaban J connectivity index is 0.00000289. The fraction of sp³-hybridized carbons (Fsp3) is 0.435. The van der Waals surface area contributed by atoms with Crippen molar-refractivity contribution in [2.45, 2.75) is 38.4 Å². The van der Waals surface area contributed by atoms with Gasteiger partial charge in [0.05, 0.1) is 0 Å². The molecule has 1 atom stereocenters. The molecule has 7 nitrogen and oxygen atoms in total. The number of amides is 1. The Bertz CT molecular complexity index is 956. The van der Waals surface area contributed by atoms with Gasteiger partial charge in [0.2, 0.25) is 5.91 Å². The van der Waals surface area contributed by atoms with Crippen LogP contribution in [0.2, 0.25) is 0 Å². The first-order valence-electron chi connectivity index (χ1n) is 10.8. The van der Waals surface area contributed by atoms with Crippen molar-refractivity contribution < 1.29 is 9.18 Å². The van der Waals surface area contributed by atoms with Gasteiger partial charge in [0, 0.05) is 58.4 Å². The van der Waals surface area contributed by atoms with Crippen molar-refractivity contribution in [3.63, 3.8) is 0 Å². The lowest BCUT2D eigenvalue weighted by Gasteiger charge is -2.20. The minimum Gasteiger partial charge on any atom is -0.352 e. The lowest BCUT2D eigenvalue weighted by Crippen LogP contribution is -2.44. The number of guanidine groups is 1. The Morgan fingerprint density at radius 1 is 1.25 bits per heavy atom. The normalized spacial score (nSPS) is 18.6. The van der Waals surface area contributed by atoms with Crippen LogP contribution in [0.15, 0.2) is 47.6 Å². The molecule has 2 fully saturated rings. The smallest absolute Gasteiger partial charge is 0.222 e. The molecular weight excluding hydrogens is 522 g/mol. The van der Waals surface area contributed by atoms with Crippen LogP contribution in [0.4, 0.5) is 10.2 Å². The fourth-order valence-electron chi connectivity index (χ4n) is 4.18. The molecule has 9 heteroatoms. The highest BCUT2D eigenvalue weighted by molar-refractivity contribution is 14.0. The highest BCUT2D eigenvalue weighted by atomic mass is 127. The summed E-state index contributed by atoms with van der Waals surface area (Å²) in [4.78, 5) is 24.3. The van der Waals surface area contributed by atoms with Gasteiger partial charge in [-0.15, -0.1) is 24.0 Å². The molecule has 0 saturated carbocycles. The predicted molar refractivity (Wildman–Crippen MR) is 135 cm³/mol. The van der Waals surface area contributed by atoms with Gasteiger partial charge in [-0.2, -0.15) is 0 Å². The highest BCUT2D eigenvalue weighted by Gasteiger charge is 2.26. The Kier molecular flexibility index (Phi) is 8.66. The molecule has 1 aromatic heterocycles. The molecule has 0 bridgehead atoms. The van der Waals surface area contributed by atoms with E-state index >= 15 is 0 Å². The van der Waals surface area contributed by atoms with Crippen molar-refractivity contribution in [1.82, 2.24) is 20.5 Å². The van der Waals surface area contributed by atoms with Crippen LogP contribution in [0.3, 0.4) is 0 Å². The molecule has 2 aromatic rings. The SMILES string of the molecule is CN=C(NCc1cccc(CN2CCCC2=O)c1)NC1CCN(c2ncccc2F)C1.I. The van der Waals surface area contributed by atoms with Crippen LogP contribution in [-0.4, -0.2) is 54.5 Å². The van der Waals surface area contributed by atoms with Gasteiger partial charge in [-0.1, -0.05) is 24.3 Å². The lowest BCUT2D eigenvalue weighted by molar-refractivity contribution is -0.128. The van der Waals surface area contributed by atoms with E-state index in [9.17, 15) is 9.18 Å². The van der Waals surface area contributed by atoms with Gasteiger partial charge in [0.25, 0.3) is 0 Å². The van der Waals surface area contributed by atoms with Crippen LogP contribution in [-0.2, 0) is 17.9 Å². The van der Waals surface area contributed by atoms with E-state index in [1.807, 2.05) is 15.9 Å². The first kappa shape index (κ1) is 24.2. The number of nitrogens with zero attached hydrogens (tertiary/aromatic N) is 4. The third-order valence-electron chi connectivity index (χ3n) is 5.79. The van der Waals surface area contributed by atoms with Gasteiger partial charge < -0.3 is 20.4 Å². The maximum absolute atomic E-state index is 14.0. The zero-order valence-corrected chi connectivity index (χ0v) is 20.6. The van der Waals surface area contributed by atoms with Gasteiger partial charge in [0.15, 0.2) is 17.6 Å². The topological polar surface area (TPSA) is 72.9 Å². The molecule has 2 saturated heterocycles. The molecule has 0 radical (unpaired) electrons. The Labute approximate surface area is 205 Å². The van der Waals surface area contributed by atoms with Crippen LogP contribution in [0.25, 0.3) is 0 Å². The number of hydrogen-bond donors (Lipinski definition) is 2. The van der Waals surface area contributed by atoms with Crippen LogP contribution in [0.5, 0.6) is 0 Å². The van der Waals surface area contributed by atoms with Crippen molar-refractivity contribution in [1.29, 1.82) is 0 Å². The maximum atomic E-state index is 14.0. The molecule has 172 valence electrons. The maximum Gasteiger partial charge on any atom is 0.222 e. The second-order valence-corrected chi connectivity index (χ2v) is 8.05. The van der Waals surface area contributed by atoms with Gasteiger partial charge in [-0.05, 0) is 36.1 Å². The van der Waals surface area contributed by atoms with E-state index in [-0.39, 0.29) is 41.7 Å². The molecular formula is C23H30FIN6O. The minimum absolute atomic E-state index is 0. The minimum atomic E-state index is -0.291. The van der Waals surface area contributed by atoms with Gasteiger partial charge in [0.1, 0.15) is 0 Å². The van der Waals surface area contributed by atoms with Gasteiger partial charge in [-0.25, -0.2) is 9.37 Å². The third kappa shape index (κ3) is 6.08. The summed E-state index contributed by atoms with van der Waals surface area (Å²) < 4.78 is 14.0. The first-order chi connectivity index (χ1) is 15.1. The summed E-state index contributed by atoms with van der Waals surface area (Å²) in [6.07, 6.45) is 4.12. The summed E-state index contributed by atoms with van der Waals surface area (Å²) in [7, 11) is 1.75. The van der Waals surface area contributed by atoms with E-state index < -0.39 is 0 Å². The molecule has 0 spiro atoms. The number of nitrogens with one attached hydrogen (secondary N) is 2. The molecule has 4 rings (SSSR count). The van der Waals surface area contributed by atoms with Crippen molar-refractivity contribution in [2.24, 2.45) is 4.99 Å². The molecule has 2 N–H and O–H groups in total. The zero-order chi connectivity index (χ0) is 21.6. The average Bonchev–Trinajstić information content (AvgIpc) is 3.41. The molecule has 2 aliphatic rings. The average molecular weight is 552 g/mol. The predicted octanol–water partition coefficient (Wildman–Crippen LogP) is 2.91. The second-order valence-electron chi connectivity index (χ2n) is 8.05. The number of aromatic nitrogens is 1. The summed E-state index contributed by atoms with van der Waals surface area (Å²) in [6.45, 7) is 3.57. The summed E-state index contributed by atoms with van der Waals surface area (Å²) >= 11 is 0. The van der Waals surface area contributed by atoms with Crippen molar-refractivity contribution in [3.05, 3.63) is 59.5 Å². The molecule has 32 heavy (non-hydrogen) atoms. The number of hydrogen-bond acceptors (Lipinski definition) is 4. The molecule has 1 aromatic carbocycles. The fourth-order valence-corrected chi connectivity index (χ4v) is 4.18. The number of anilines is 1. The molecule has 1 amide bonds. The van der Waals surface area contributed by atoms with Gasteiger partial charge >= 0.3 is 0 Å². The monoisotopic (exact) mass is 552 g/mol. The Morgan fingerprint density at radius 2 is 2.09 bits per heavy atom. The van der Waals surface area contributed by atoms with Crippen LogP contribution in [0.1, 0.15) is 30.4 Å². The summed E-state index contributed by atoms with van der Waals surface area (Å²) in [5, 5.41) is 6.79. The third-order valence-corrected chi connectivity index (χ3v) is 5.79. The number of carbonyl (C=O) groups excluding carboxylic acids is 1. The number of likely N-dealkylation sites (tertiary alicyclic amines) is 1. The Morgan fingerprint density at radius 3 is 2.84 bits per heavy atom. The van der Waals surface area contributed by atoms with E-state index in [0.29, 0.717) is 37.8 Å². The Hall–Kier alpha value is -2.43. The van der Waals surface area contributed by atoms with Crippen LogP contribution in [0, 0.1) is 5.82 Å². The van der Waals surface area contributed by atoms with Crippen molar-refractivity contribution >= 4 is 41.7 Å². The quantitative estimate of drug-likeness (QED) is 0.328. The van der Waals surface area contributed by atoms with Gasteiger partial charge in [-0.3, -0.25) is 9.79 Å². The number of benzene rings is 1. The van der Waals surface area contributed by atoms with E-state index in [1.165, 1.54) is 6.07 Å². The second kappa shape index (κ2) is 11.4. The van der Waals surface area contributed by atoms with E-state index in [2.05, 4.69) is 38.8 Å². The standard InChI is InChI=1S/C23H29FN6O.HI/c1-25-23(28-19-9-12-30(16-19)22-20(24)7-3-10-26-22)27-14-17-5-2-6-18(13-17)15-29-11-4-8-21(29)31;/h2-3,5-7,10,13,19H,4,8-9,11-12,14-16H2,1H3,(H2,25,27,28);1H. The van der Waals surface area contributed by atoms with E-state index in [1.54, 1.807) is 19.3 Å². The highest BCUT2D eigenvalue weighted by Crippen LogP contribution is 2.21. The van der Waals surface area contributed by atoms with Crippen LogP contribution < -0.4 is 15.5 Å². The summed E-state index contributed by atoms with van der Waals surface area (Å²) in [5.41, 5.74) is 2.28. The first-order valence-corrected chi connectivity index (χ1v) is 10.8. The number of aliphatic imine (C=N–C) groups is 1. The number of pyridine rings is 1. The molecule has 3 heterocycles. The molecule has 1 unspecified atom stereocenters. The van der Waals surface area contributed by atoms with Crippen molar-refractivity contribution in [3.8, 4) is 0 Å². The largest absolute Gasteiger partial charge is 0.352 e. The zero-order valence-electron chi connectivity index (χ0n) is 18.3. The summed E-state index contributed by atoms with van der Waals surface area (Å²) in [6, 6.07) is 11.5. The molecule has 0 aliphatic carbocycles. The molecule has 2 aliphatic heterocycles. The summed E-state index contributed by atoms with van der Waals surface area (Å²) in [5.74, 6) is 1.07. The van der Waals surface area contributed by atoms with E-state index in [0.717, 1.165) is 37.1 Å². The lowest BCUT2D eigenvalue weighted by atomic mass is 10.1. The number of halogens is 2.